The lowest BCUT2D eigenvalue weighted by atomic mass is 10.1. The Morgan fingerprint density at radius 1 is 1.37 bits per heavy atom. The van der Waals surface area contributed by atoms with E-state index in [0.29, 0.717) is 25.0 Å². The van der Waals surface area contributed by atoms with Gasteiger partial charge < -0.3 is 15.1 Å². The summed E-state index contributed by atoms with van der Waals surface area (Å²) < 4.78 is 16.6. The zero-order chi connectivity index (χ0) is 14.5. The smallest absolute Gasteiger partial charge is 0.315 e. The van der Waals surface area contributed by atoms with Gasteiger partial charge in [0.25, 0.3) is 0 Å². The quantitative estimate of drug-likeness (QED) is 0.792. The molecule has 2 atom stereocenters. The molecule has 0 aliphatic heterocycles. The van der Waals surface area contributed by atoms with Gasteiger partial charge in [-0.25, -0.2) is 0 Å². The largest absolute Gasteiger partial charge is 0.407 e. The lowest BCUT2D eigenvalue weighted by Crippen LogP contribution is -2.35. The molecular weight excluding hydrogens is 264 g/mol. The lowest BCUT2D eigenvalue weighted by Gasteiger charge is -2.18. The maximum atomic E-state index is 11.2. The van der Waals surface area contributed by atoms with E-state index < -0.39 is 10.8 Å². The normalized spacial score (nSPS) is 15.2. The van der Waals surface area contributed by atoms with Crippen molar-refractivity contribution in [3.63, 3.8) is 0 Å². The zero-order valence-corrected chi connectivity index (χ0v) is 13.1. The molecule has 0 fully saturated rings. The van der Waals surface area contributed by atoms with Gasteiger partial charge in [0, 0.05) is 34.4 Å². The SMILES string of the molecule is CC(CCNc1nnc(CNC(C)(C)C)o1)S(C)=O. The summed E-state index contributed by atoms with van der Waals surface area (Å²) in [6.07, 6.45) is 2.52. The van der Waals surface area contributed by atoms with Crippen LogP contribution in [0.1, 0.15) is 40.0 Å². The maximum Gasteiger partial charge on any atom is 0.315 e. The predicted molar refractivity (Wildman–Crippen MR) is 77.5 cm³/mol. The standard InChI is InChI=1S/C12H24N4O2S/c1-9(19(5)17)6-7-13-11-16-15-10(18-11)8-14-12(2,3)4/h9,14H,6-8H2,1-5H3,(H,13,16). The van der Waals surface area contributed by atoms with Crippen LogP contribution in [0.5, 0.6) is 0 Å². The molecule has 0 bridgehead atoms. The Labute approximate surface area is 117 Å². The Bertz CT molecular complexity index is 414. The van der Waals surface area contributed by atoms with Crippen molar-refractivity contribution in [1.29, 1.82) is 0 Å². The van der Waals surface area contributed by atoms with Crippen LogP contribution in [0, 0.1) is 0 Å². The number of rotatable bonds is 7. The summed E-state index contributed by atoms with van der Waals surface area (Å²) in [5, 5.41) is 14.4. The Balaban J connectivity index is 2.33. The summed E-state index contributed by atoms with van der Waals surface area (Å²) >= 11 is 0. The van der Waals surface area contributed by atoms with Crippen molar-refractivity contribution in [3.05, 3.63) is 5.89 Å². The second kappa shape index (κ2) is 7.00. The third-order valence-electron chi connectivity index (χ3n) is 2.63. The van der Waals surface area contributed by atoms with E-state index in [1.54, 1.807) is 6.26 Å². The average molecular weight is 288 g/mol. The fraction of sp³-hybridized carbons (Fsp3) is 0.833. The van der Waals surface area contributed by atoms with Gasteiger partial charge in [-0.2, -0.15) is 0 Å². The first kappa shape index (κ1) is 16.1. The van der Waals surface area contributed by atoms with Crippen LogP contribution in [0.25, 0.3) is 0 Å². The van der Waals surface area contributed by atoms with Crippen molar-refractivity contribution < 1.29 is 8.63 Å². The van der Waals surface area contributed by atoms with Crippen molar-refractivity contribution in [2.45, 2.75) is 51.4 Å². The van der Waals surface area contributed by atoms with Crippen LogP contribution in [0.3, 0.4) is 0 Å². The van der Waals surface area contributed by atoms with Crippen LogP contribution in [0.15, 0.2) is 4.42 Å². The predicted octanol–water partition coefficient (Wildman–Crippen LogP) is 1.53. The van der Waals surface area contributed by atoms with E-state index in [2.05, 4.69) is 41.6 Å². The van der Waals surface area contributed by atoms with Crippen LogP contribution in [0.2, 0.25) is 0 Å². The van der Waals surface area contributed by atoms with Gasteiger partial charge in [0.2, 0.25) is 5.89 Å². The molecule has 1 aromatic heterocycles. The number of nitrogens with one attached hydrogen (secondary N) is 2. The Hall–Kier alpha value is -0.950. The number of hydrogen-bond acceptors (Lipinski definition) is 6. The molecule has 0 saturated heterocycles. The van der Waals surface area contributed by atoms with E-state index in [1.165, 1.54) is 0 Å². The molecule has 0 saturated carbocycles. The first-order chi connectivity index (χ1) is 8.78. The minimum atomic E-state index is -0.793. The second-order valence-electron chi connectivity index (χ2n) is 5.63. The molecule has 7 heteroatoms. The fourth-order valence-electron chi connectivity index (χ4n) is 1.29. The summed E-state index contributed by atoms with van der Waals surface area (Å²) in [6.45, 7) is 9.42. The highest BCUT2D eigenvalue weighted by atomic mass is 32.2. The number of nitrogens with zero attached hydrogens (tertiary/aromatic N) is 2. The molecule has 0 aliphatic carbocycles. The van der Waals surface area contributed by atoms with Gasteiger partial charge in [-0.1, -0.05) is 12.0 Å². The highest BCUT2D eigenvalue weighted by Crippen LogP contribution is 2.08. The second-order valence-corrected chi connectivity index (χ2v) is 7.43. The fourth-order valence-corrected chi connectivity index (χ4v) is 1.74. The van der Waals surface area contributed by atoms with Crippen LogP contribution in [-0.4, -0.2) is 38.0 Å². The van der Waals surface area contributed by atoms with E-state index in [1.807, 2.05) is 6.92 Å². The molecule has 0 spiro atoms. The summed E-state index contributed by atoms with van der Waals surface area (Å²) in [4.78, 5) is 0. The first-order valence-corrected chi connectivity index (χ1v) is 8.03. The monoisotopic (exact) mass is 288 g/mol. The zero-order valence-electron chi connectivity index (χ0n) is 12.3. The number of anilines is 1. The van der Waals surface area contributed by atoms with Crippen molar-refractivity contribution in [2.24, 2.45) is 0 Å². The Morgan fingerprint density at radius 2 is 2.05 bits per heavy atom. The van der Waals surface area contributed by atoms with Gasteiger partial charge in [-0.3, -0.25) is 4.21 Å². The lowest BCUT2D eigenvalue weighted by molar-refractivity contribution is 0.383. The van der Waals surface area contributed by atoms with Crippen LogP contribution in [-0.2, 0) is 17.3 Å². The van der Waals surface area contributed by atoms with Crippen molar-refractivity contribution >= 4 is 16.8 Å². The minimum absolute atomic E-state index is 0.0166. The van der Waals surface area contributed by atoms with Gasteiger partial charge >= 0.3 is 6.01 Å². The van der Waals surface area contributed by atoms with Crippen molar-refractivity contribution in [2.75, 3.05) is 18.1 Å². The van der Waals surface area contributed by atoms with E-state index in [9.17, 15) is 4.21 Å². The number of aromatic nitrogens is 2. The summed E-state index contributed by atoms with van der Waals surface area (Å²) in [7, 11) is -0.793. The highest BCUT2D eigenvalue weighted by molar-refractivity contribution is 7.84. The Kier molecular flexibility index (Phi) is 5.93. The number of hydrogen-bond donors (Lipinski definition) is 2. The first-order valence-electron chi connectivity index (χ1n) is 6.41. The molecule has 0 aliphatic rings. The summed E-state index contributed by atoms with van der Waals surface area (Å²) in [6, 6.07) is 0.416. The summed E-state index contributed by atoms with van der Waals surface area (Å²) in [5.74, 6) is 0.560. The van der Waals surface area contributed by atoms with Crippen molar-refractivity contribution in [1.82, 2.24) is 15.5 Å². The molecule has 110 valence electrons. The maximum absolute atomic E-state index is 11.2. The molecule has 1 rings (SSSR count). The molecule has 0 amide bonds. The van der Waals surface area contributed by atoms with Gasteiger partial charge in [0.15, 0.2) is 0 Å². The molecule has 0 aromatic carbocycles. The van der Waals surface area contributed by atoms with Gasteiger partial charge in [-0.05, 0) is 27.2 Å². The van der Waals surface area contributed by atoms with E-state index in [0.717, 1.165) is 6.42 Å². The topological polar surface area (TPSA) is 80.1 Å². The Morgan fingerprint density at radius 3 is 2.63 bits per heavy atom. The third-order valence-corrected chi connectivity index (χ3v) is 4.00. The van der Waals surface area contributed by atoms with E-state index in [-0.39, 0.29) is 10.8 Å². The molecule has 2 N–H and O–H groups in total. The average Bonchev–Trinajstić information content (AvgIpc) is 2.73. The molecule has 1 aromatic rings. The molecule has 0 radical (unpaired) electrons. The minimum Gasteiger partial charge on any atom is -0.407 e. The van der Waals surface area contributed by atoms with Gasteiger partial charge in [0.05, 0.1) is 6.54 Å². The van der Waals surface area contributed by atoms with Gasteiger partial charge in [0.1, 0.15) is 0 Å². The van der Waals surface area contributed by atoms with Crippen LogP contribution < -0.4 is 10.6 Å². The van der Waals surface area contributed by atoms with E-state index >= 15 is 0 Å². The summed E-state index contributed by atoms with van der Waals surface area (Å²) in [5.41, 5.74) is 0.0166. The highest BCUT2D eigenvalue weighted by Gasteiger charge is 2.12. The van der Waals surface area contributed by atoms with Crippen molar-refractivity contribution in [3.8, 4) is 0 Å². The molecule has 2 unspecified atom stereocenters. The van der Waals surface area contributed by atoms with Gasteiger partial charge in [-0.15, -0.1) is 5.10 Å². The van der Waals surface area contributed by atoms with E-state index in [4.69, 9.17) is 4.42 Å². The van der Waals surface area contributed by atoms with Crippen LogP contribution in [0.4, 0.5) is 6.01 Å². The molecular formula is C12H24N4O2S. The molecule has 6 nitrogen and oxygen atoms in total. The molecule has 1 heterocycles. The third kappa shape index (κ3) is 6.68. The molecule has 19 heavy (non-hydrogen) atoms. The van der Waals surface area contributed by atoms with Crippen LogP contribution >= 0.6 is 0 Å².